The first-order valence-corrected chi connectivity index (χ1v) is 4.37. The molecular weight excluding hydrogens is 154 g/mol. The number of methoxy groups -OCH3 is 1. The molecule has 1 unspecified atom stereocenters. The van der Waals surface area contributed by atoms with Gasteiger partial charge in [-0.2, -0.15) is 0 Å². The smallest absolute Gasteiger partial charge is 0.126 e. The number of Topliss-reactive ketones (excluding diaryl/α,β-unsaturated/α-hetero) is 1. The first-order valence-electron chi connectivity index (χ1n) is 4.37. The largest absolute Gasteiger partial charge is 0.380 e. The number of hydrogen-bond donors (Lipinski definition) is 1. The van der Waals surface area contributed by atoms with E-state index in [0.717, 1.165) is 6.54 Å². The maximum atomic E-state index is 9.44. The highest BCUT2D eigenvalue weighted by Crippen LogP contribution is 2.03. The number of carbonyl (C=O) groups is 1. The lowest BCUT2D eigenvalue weighted by atomic mass is 10.1. The van der Waals surface area contributed by atoms with E-state index in [1.54, 1.807) is 7.11 Å². The van der Waals surface area contributed by atoms with Crippen LogP contribution in [0.1, 0.15) is 26.7 Å². The number of rotatable bonds is 1. The van der Waals surface area contributed by atoms with Crippen molar-refractivity contribution in [1.29, 1.82) is 0 Å². The number of piperidine rings is 1. The molecule has 72 valence electrons. The molecule has 3 nitrogen and oxygen atoms in total. The van der Waals surface area contributed by atoms with Crippen molar-refractivity contribution in [2.75, 3.05) is 20.2 Å². The van der Waals surface area contributed by atoms with Gasteiger partial charge in [0.05, 0.1) is 6.10 Å². The van der Waals surface area contributed by atoms with Gasteiger partial charge < -0.3 is 14.8 Å². The SMILES string of the molecule is CC(C)=O.COC1CCCNC1. The van der Waals surface area contributed by atoms with Crippen LogP contribution in [0, 0.1) is 0 Å². The molecule has 1 fully saturated rings. The molecular formula is C9H19NO2. The van der Waals surface area contributed by atoms with Crippen LogP contribution in [-0.2, 0) is 9.53 Å². The first-order chi connectivity index (χ1) is 5.66. The molecule has 0 spiro atoms. The van der Waals surface area contributed by atoms with Crippen molar-refractivity contribution in [3.63, 3.8) is 0 Å². The van der Waals surface area contributed by atoms with E-state index in [1.807, 2.05) is 0 Å². The maximum Gasteiger partial charge on any atom is 0.126 e. The van der Waals surface area contributed by atoms with Crippen LogP contribution < -0.4 is 5.32 Å². The summed E-state index contributed by atoms with van der Waals surface area (Å²) in [5.74, 6) is 0.167. The third-order valence-electron chi connectivity index (χ3n) is 1.58. The van der Waals surface area contributed by atoms with Gasteiger partial charge >= 0.3 is 0 Å². The molecule has 1 aliphatic rings. The number of nitrogens with one attached hydrogen (secondary N) is 1. The zero-order chi connectivity index (χ0) is 9.40. The molecule has 0 aromatic heterocycles. The molecule has 0 aromatic carbocycles. The van der Waals surface area contributed by atoms with Gasteiger partial charge in [0.25, 0.3) is 0 Å². The second-order valence-electron chi connectivity index (χ2n) is 3.11. The number of ether oxygens (including phenoxy) is 1. The standard InChI is InChI=1S/C6H13NO.C3H6O/c1-8-6-3-2-4-7-5-6;1-3(2)4/h6-7H,2-5H2,1H3;1-2H3. The Morgan fingerprint density at radius 3 is 2.33 bits per heavy atom. The molecule has 3 heteroatoms. The van der Waals surface area contributed by atoms with Crippen molar-refractivity contribution in [2.45, 2.75) is 32.8 Å². The summed E-state index contributed by atoms with van der Waals surface area (Å²) in [6.45, 7) is 5.26. The van der Waals surface area contributed by atoms with Crippen LogP contribution in [0.3, 0.4) is 0 Å². The van der Waals surface area contributed by atoms with Gasteiger partial charge in [0, 0.05) is 13.7 Å². The third-order valence-corrected chi connectivity index (χ3v) is 1.58. The van der Waals surface area contributed by atoms with Crippen LogP contribution in [0.4, 0.5) is 0 Å². The topological polar surface area (TPSA) is 38.3 Å². The summed E-state index contributed by atoms with van der Waals surface area (Å²) in [4.78, 5) is 9.44. The highest BCUT2D eigenvalue weighted by Gasteiger charge is 2.09. The molecule has 0 bridgehead atoms. The Labute approximate surface area is 74.5 Å². The van der Waals surface area contributed by atoms with Crippen LogP contribution in [0.2, 0.25) is 0 Å². The Kier molecular flexibility index (Phi) is 7.00. The van der Waals surface area contributed by atoms with E-state index < -0.39 is 0 Å². The molecule has 0 radical (unpaired) electrons. The lowest BCUT2D eigenvalue weighted by Crippen LogP contribution is -2.34. The lowest BCUT2D eigenvalue weighted by molar-refractivity contribution is -0.114. The summed E-state index contributed by atoms with van der Waals surface area (Å²) in [6.07, 6.45) is 2.96. The van der Waals surface area contributed by atoms with Gasteiger partial charge in [-0.15, -0.1) is 0 Å². The normalized spacial score (nSPS) is 22.4. The highest BCUT2D eigenvalue weighted by atomic mass is 16.5. The van der Waals surface area contributed by atoms with Crippen molar-refractivity contribution in [2.24, 2.45) is 0 Å². The van der Waals surface area contributed by atoms with Crippen molar-refractivity contribution in [3.05, 3.63) is 0 Å². The van der Waals surface area contributed by atoms with Crippen molar-refractivity contribution < 1.29 is 9.53 Å². The molecule has 0 aliphatic carbocycles. The second-order valence-corrected chi connectivity index (χ2v) is 3.11. The predicted molar refractivity (Wildman–Crippen MR) is 49.3 cm³/mol. The molecule has 1 rings (SSSR count). The molecule has 1 atom stereocenters. The van der Waals surface area contributed by atoms with E-state index in [4.69, 9.17) is 4.74 Å². The van der Waals surface area contributed by atoms with Gasteiger partial charge in [0.1, 0.15) is 5.78 Å². The summed E-state index contributed by atoms with van der Waals surface area (Å²) in [6, 6.07) is 0. The van der Waals surface area contributed by atoms with E-state index in [9.17, 15) is 4.79 Å². The monoisotopic (exact) mass is 173 g/mol. The fourth-order valence-corrected chi connectivity index (χ4v) is 1.02. The van der Waals surface area contributed by atoms with Crippen LogP contribution in [0.5, 0.6) is 0 Å². The molecule has 1 heterocycles. The Hall–Kier alpha value is -0.410. The van der Waals surface area contributed by atoms with E-state index >= 15 is 0 Å². The zero-order valence-electron chi connectivity index (χ0n) is 8.22. The molecule has 0 amide bonds. The number of ketones is 1. The molecule has 0 saturated carbocycles. The number of carbonyl (C=O) groups excluding carboxylic acids is 1. The van der Waals surface area contributed by atoms with Crippen molar-refractivity contribution >= 4 is 5.78 Å². The molecule has 0 aromatic rings. The van der Waals surface area contributed by atoms with Gasteiger partial charge in [0.2, 0.25) is 0 Å². The summed E-state index contributed by atoms with van der Waals surface area (Å²) < 4.78 is 5.13. The van der Waals surface area contributed by atoms with E-state index in [-0.39, 0.29) is 5.78 Å². The minimum atomic E-state index is 0.167. The second kappa shape index (κ2) is 7.25. The summed E-state index contributed by atoms with van der Waals surface area (Å²) in [7, 11) is 1.78. The Balaban J connectivity index is 0.000000261. The quantitative estimate of drug-likeness (QED) is 0.642. The maximum absolute atomic E-state index is 9.44. The van der Waals surface area contributed by atoms with Crippen LogP contribution >= 0.6 is 0 Å². The zero-order valence-corrected chi connectivity index (χ0v) is 8.22. The summed E-state index contributed by atoms with van der Waals surface area (Å²) in [5, 5.41) is 3.26. The average Bonchev–Trinajstić information content (AvgIpc) is 2.05. The fourth-order valence-electron chi connectivity index (χ4n) is 1.02. The van der Waals surface area contributed by atoms with Gasteiger partial charge in [-0.3, -0.25) is 0 Å². The van der Waals surface area contributed by atoms with Crippen LogP contribution in [0.15, 0.2) is 0 Å². The van der Waals surface area contributed by atoms with E-state index in [2.05, 4.69) is 5.32 Å². The van der Waals surface area contributed by atoms with Crippen LogP contribution in [0.25, 0.3) is 0 Å². The average molecular weight is 173 g/mol. The van der Waals surface area contributed by atoms with Crippen molar-refractivity contribution in [1.82, 2.24) is 5.32 Å². The highest BCUT2D eigenvalue weighted by molar-refractivity contribution is 5.72. The van der Waals surface area contributed by atoms with Crippen LogP contribution in [-0.4, -0.2) is 32.1 Å². The van der Waals surface area contributed by atoms with E-state index in [0.29, 0.717) is 6.10 Å². The van der Waals surface area contributed by atoms with Crippen molar-refractivity contribution in [3.8, 4) is 0 Å². The Morgan fingerprint density at radius 1 is 1.50 bits per heavy atom. The van der Waals surface area contributed by atoms with Gasteiger partial charge in [-0.25, -0.2) is 0 Å². The van der Waals surface area contributed by atoms with E-state index in [1.165, 1.54) is 33.2 Å². The minimum Gasteiger partial charge on any atom is -0.380 e. The molecule has 1 aliphatic heterocycles. The number of hydrogen-bond acceptors (Lipinski definition) is 3. The van der Waals surface area contributed by atoms with Gasteiger partial charge in [-0.05, 0) is 33.2 Å². The van der Waals surface area contributed by atoms with Gasteiger partial charge in [0.15, 0.2) is 0 Å². The molecule has 1 saturated heterocycles. The summed E-state index contributed by atoms with van der Waals surface area (Å²) in [5.41, 5.74) is 0. The lowest BCUT2D eigenvalue weighted by Gasteiger charge is -2.20. The minimum absolute atomic E-state index is 0.167. The molecule has 12 heavy (non-hydrogen) atoms. The summed E-state index contributed by atoms with van der Waals surface area (Å²) >= 11 is 0. The fraction of sp³-hybridized carbons (Fsp3) is 0.889. The van der Waals surface area contributed by atoms with Gasteiger partial charge in [-0.1, -0.05) is 0 Å². The third kappa shape index (κ3) is 7.69. The Morgan fingerprint density at radius 2 is 2.08 bits per heavy atom. The molecule has 1 N–H and O–H groups in total. The predicted octanol–water partition coefficient (Wildman–Crippen LogP) is 0.980. The first kappa shape index (κ1) is 11.6. The Bertz CT molecular complexity index is 116.